The van der Waals surface area contributed by atoms with E-state index in [-0.39, 0.29) is 27.9 Å². The monoisotopic (exact) mass is 454 g/mol. The molecule has 4 N–H and O–H groups in total. The van der Waals surface area contributed by atoms with Crippen molar-refractivity contribution in [1.82, 2.24) is 10.2 Å². The number of benzene rings is 1. The zero-order valence-electron chi connectivity index (χ0n) is 16.6. The van der Waals surface area contributed by atoms with Gasteiger partial charge in [-0.3, -0.25) is 9.59 Å². The minimum Gasteiger partial charge on any atom is -0.397 e. The number of hydrogen-bond donors (Lipinski definition) is 3. The number of ketones is 1. The largest absolute Gasteiger partial charge is 0.397 e. The van der Waals surface area contributed by atoms with E-state index < -0.39 is 0 Å². The number of carbonyl (C=O) groups is 2. The van der Waals surface area contributed by atoms with E-state index in [0.717, 1.165) is 13.1 Å². The first-order valence-corrected chi connectivity index (χ1v) is 10.9. The summed E-state index contributed by atoms with van der Waals surface area (Å²) >= 11 is 13.4. The first-order chi connectivity index (χ1) is 13.6. The van der Waals surface area contributed by atoms with Crippen LogP contribution in [-0.4, -0.2) is 48.3 Å². The van der Waals surface area contributed by atoms with Crippen LogP contribution in [0.15, 0.2) is 18.2 Å². The van der Waals surface area contributed by atoms with Crippen molar-refractivity contribution in [3.63, 3.8) is 0 Å². The minimum absolute atomic E-state index is 0.173. The molecule has 0 saturated carbocycles. The lowest BCUT2D eigenvalue weighted by Crippen LogP contribution is -2.46. The van der Waals surface area contributed by atoms with Gasteiger partial charge in [-0.2, -0.15) is 0 Å². The summed E-state index contributed by atoms with van der Waals surface area (Å²) in [5.74, 6) is -0.501. The highest BCUT2D eigenvalue weighted by Gasteiger charge is 2.31. The van der Waals surface area contributed by atoms with E-state index in [1.54, 1.807) is 17.0 Å². The van der Waals surface area contributed by atoms with Crippen LogP contribution in [0, 0.1) is 0 Å². The van der Waals surface area contributed by atoms with Gasteiger partial charge in [-0.25, -0.2) is 0 Å². The lowest BCUT2D eigenvalue weighted by atomic mass is 10.1. The fourth-order valence-corrected chi connectivity index (χ4v) is 4.85. The summed E-state index contributed by atoms with van der Waals surface area (Å²) < 4.78 is 0. The molecule has 1 fully saturated rings. The van der Waals surface area contributed by atoms with Crippen LogP contribution in [-0.2, 0) is 0 Å². The highest BCUT2D eigenvalue weighted by molar-refractivity contribution is 7.19. The summed E-state index contributed by atoms with van der Waals surface area (Å²) in [6, 6.07) is 4.69. The molecule has 0 atom stereocenters. The average molecular weight is 455 g/mol. The number of hydrogen-bond acceptors (Lipinski definition) is 6. The Kier molecular flexibility index (Phi) is 6.43. The summed E-state index contributed by atoms with van der Waals surface area (Å²) in [6.07, 6.45) is 0. The molecule has 0 spiro atoms. The Morgan fingerprint density at radius 3 is 2.45 bits per heavy atom. The first kappa shape index (κ1) is 21.9. The molecule has 1 aromatic carbocycles. The lowest BCUT2D eigenvalue weighted by Gasteiger charge is -2.28. The summed E-state index contributed by atoms with van der Waals surface area (Å²) in [7, 11) is 0. The van der Waals surface area contributed by atoms with Gasteiger partial charge in [0.05, 0.1) is 16.3 Å². The van der Waals surface area contributed by atoms with Crippen molar-refractivity contribution in [3.8, 4) is 0 Å². The van der Waals surface area contributed by atoms with E-state index in [9.17, 15) is 9.59 Å². The quantitative estimate of drug-likeness (QED) is 0.604. The fraction of sp³-hybridized carbons (Fsp3) is 0.400. The number of thiophene rings is 1. The van der Waals surface area contributed by atoms with Crippen molar-refractivity contribution < 1.29 is 9.59 Å². The van der Waals surface area contributed by atoms with Gasteiger partial charge >= 0.3 is 0 Å². The molecule has 1 amide bonds. The van der Waals surface area contributed by atoms with E-state index >= 15 is 0 Å². The second-order valence-electron chi connectivity index (χ2n) is 7.92. The number of halogens is 2. The number of nitrogen functional groups attached to an aromatic ring is 1. The Labute approximate surface area is 184 Å². The molecule has 1 aromatic heterocycles. The normalized spacial score (nSPS) is 14.7. The number of rotatable bonds is 4. The molecule has 156 valence electrons. The third-order valence-electron chi connectivity index (χ3n) is 4.43. The van der Waals surface area contributed by atoms with E-state index in [4.69, 9.17) is 28.9 Å². The lowest BCUT2D eigenvalue weighted by molar-refractivity contribution is 0.0738. The molecule has 9 heteroatoms. The molecule has 1 aliphatic rings. The van der Waals surface area contributed by atoms with Gasteiger partial charge in [-0.1, -0.05) is 23.2 Å². The number of anilines is 2. The molecule has 2 aromatic rings. The molecule has 0 bridgehead atoms. The van der Waals surface area contributed by atoms with Gasteiger partial charge in [0.1, 0.15) is 9.88 Å². The van der Waals surface area contributed by atoms with Crippen LogP contribution in [0.25, 0.3) is 0 Å². The predicted molar refractivity (Wildman–Crippen MR) is 121 cm³/mol. The number of nitrogens with two attached hydrogens (primary N) is 1. The molecule has 0 aliphatic carbocycles. The Balaban J connectivity index is 2.06. The maximum Gasteiger partial charge on any atom is 0.259 e. The molecule has 1 saturated heterocycles. The van der Waals surface area contributed by atoms with Crippen LogP contribution in [0.1, 0.15) is 46.4 Å². The molecular formula is C20H24Cl2N4O2S. The van der Waals surface area contributed by atoms with Gasteiger partial charge in [0, 0.05) is 42.3 Å². The van der Waals surface area contributed by atoms with E-state index in [2.05, 4.69) is 10.6 Å². The van der Waals surface area contributed by atoms with Gasteiger partial charge in [-0.15, -0.1) is 11.3 Å². The average Bonchev–Trinajstić information content (AvgIpc) is 2.95. The van der Waals surface area contributed by atoms with E-state index in [1.165, 1.54) is 17.4 Å². The van der Waals surface area contributed by atoms with Crippen LogP contribution in [0.4, 0.5) is 10.7 Å². The predicted octanol–water partition coefficient (Wildman–Crippen LogP) is 4.12. The molecular weight excluding hydrogens is 431 g/mol. The zero-order chi connectivity index (χ0) is 21.3. The van der Waals surface area contributed by atoms with Gasteiger partial charge in [0.2, 0.25) is 5.78 Å². The van der Waals surface area contributed by atoms with Gasteiger partial charge in [0.15, 0.2) is 0 Å². The SMILES string of the molecule is CC(C)(C)Nc1sc(C(=O)c2ccc(Cl)cc2Cl)c(N)c1C(=O)N1CCNCC1. The van der Waals surface area contributed by atoms with Gasteiger partial charge in [-0.05, 0) is 39.0 Å². The van der Waals surface area contributed by atoms with Crippen molar-refractivity contribution in [2.45, 2.75) is 26.3 Å². The van der Waals surface area contributed by atoms with Gasteiger partial charge in [0.25, 0.3) is 5.91 Å². The second-order valence-corrected chi connectivity index (χ2v) is 9.78. The molecule has 0 unspecified atom stereocenters. The summed E-state index contributed by atoms with van der Waals surface area (Å²) in [6.45, 7) is 8.59. The highest BCUT2D eigenvalue weighted by atomic mass is 35.5. The van der Waals surface area contributed by atoms with Crippen LogP contribution in [0.3, 0.4) is 0 Å². The summed E-state index contributed by atoms with van der Waals surface area (Å²) in [5.41, 5.74) is 6.88. The van der Waals surface area contributed by atoms with Crippen LogP contribution >= 0.6 is 34.5 Å². The van der Waals surface area contributed by atoms with Crippen LogP contribution in [0.5, 0.6) is 0 Å². The second kappa shape index (κ2) is 8.52. The number of carbonyl (C=O) groups excluding carboxylic acids is 2. The zero-order valence-corrected chi connectivity index (χ0v) is 18.9. The van der Waals surface area contributed by atoms with Crippen molar-refractivity contribution >= 4 is 56.9 Å². The Morgan fingerprint density at radius 1 is 1.21 bits per heavy atom. The van der Waals surface area contributed by atoms with Crippen molar-refractivity contribution in [2.24, 2.45) is 0 Å². The molecule has 3 rings (SSSR count). The first-order valence-electron chi connectivity index (χ1n) is 9.28. The maximum atomic E-state index is 13.2. The van der Waals surface area contributed by atoms with Crippen molar-refractivity contribution in [2.75, 3.05) is 37.2 Å². The summed E-state index contributed by atoms with van der Waals surface area (Å²) in [5, 5.41) is 7.83. The topological polar surface area (TPSA) is 87.5 Å². The van der Waals surface area contributed by atoms with Crippen molar-refractivity contribution in [1.29, 1.82) is 0 Å². The summed E-state index contributed by atoms with van der Waals surface area (Å²) in [4.78, 5) is 28.5. The number of nitrogens with one attached hydrogen (secondary N) is 2. The third-order valence-corrected chi connectivity index (χ3v) is 6.10. The van der Waals surface area contributed by atoms with Gasteiger partial charge < -0.3 is 21.3 Å². The Hall–Kier alpha value is -1.80. The molecule has 6 nitrogen and oxygen atoms in total. The van der Waals surface area contributed by atoms with E-state index in [1.807, 2.05) is 20.8 Å². The molecule has 1 aliphatic heterocycles. The standard InChI is InChI=1S/C20H24Cl2N4O2S/c1-20(2,3)25-18-14(19(28)26-8-6-24-7-9-26)15(23)17(29-18)16(27)12-5-4-11(21)10-13(12)22/h4-5,10,24-25H,6-9,23H2,1-3H3. The van der Waals surface area contributed by atoms with Crippen LogP contribution < -0.4 is 16.4 Å². The van der Waals surface area contributed by atoms with E-state index in [0.29, 0.717) is 39.1 Å². The van der Waals surface area contributed by atoms with Crippen molar-refractivity contribution in [3.05, 3.63) is 44.2 Å². The molecule has 29 heavy (non-hydrogen) atoms. The third kappa shape index (κ3) is 4.86. The minimum atomic E-state index is -0.328. The Morgan fingerprint density at radius 2 is 1.86 bits per heavy atom. The number of piperazine rings is 1. The maximum absolute atomic E-state index is 13.2. The number of amides is 1. The Bertz CT molecular complexity index is 947. The van der Waals surface area contributed by atoms with Crippen LogP contribution in [0.2, 0.25) is 10.0 Å². The number of nitrogens with zero attached hydrogens (tertiary/aromatic N) is 1. The fourth-order valence-electron chi connectivity index (χ4n) is 3.08. The highest BCUT2D eigenvalue weighted by Crippen LogP contribution is 2.40. The smallest absolute Gasteiger partial charge is 0.259 e. The molecule has 2 heterocycles. The molecule has 0 radical (unpaired) electrons.